The topological polar surface area (TPSA) is 53.3 Å². The van der Waals surface area contributed by atoms with Gasteiger partial charge in [-0.15, -0.1) is 0 Å². The van der Waals surface area contributed by atoms with Crippen LogP contribution in [0.3, 0.4) is 0 Å². The fourth-order valence-electron chi connectivity index (χ4n) is 1.12. The fourth-order valence-corrected chi connectivity index (χ4v) is 1.47. The minimum atomic E-state index is 0.246. The van der Waals surface area contributed by atoms with Crippen LogP contribution in [-0.4, -0.2) is 28.3 Å². The molecule has 6 heteroatoms. The number of rotatable bonds is 6. The van der Waals surface area contributed by atoms with Crippen LogP contribution < -0.4 is 16.5 Å². The Kier molecular flexibility index (Phi) is 9.22. The van der Waals surface area contributed by atoms with Crippen molar-refractivity contribution in [3.8, 4) is 0 Å². The largest absolute Gasteiger partial charge is 0.375 e. The van der Waals surface area contributed by atoms with Crippen LogP contribution in [0.4, 0.5) is 0 Å². The lowest BCUT2D eigenvalue weighted by molar-refractivity contribution is 0.362. The number of hydrogen-bond donors (Lipinski definition) is 3. The summed E-state index contributed by atoms with van der Waals surface area (Å²) in [6, 6.07) is 0. The van der Waals surface area contributed by atoms with Crippen LogP contribution in [0.1, 0.15) is 39.5 Å². The van der Waals surface area contributed by atoms with E-state index in [0.29, 0.717) is 5.11 Å². The molecule has 0 aliphatic carbocycles. The molecule has 0 aliphatic heterocycles. The second-order valence-electron chi connectivity index (χ2n) is 3.57. The summed E-state index contributed by atoms with van der Waals surface area (Å²) in [5.41, 5.74) is 8.33. The first kappa shape index (κ1) is 15.4. The monoisotopic (exact) mass is 262 g/mol. The van der Waals surface area contributed by atoms with Crippen molar-refractivity contribution in [2.24, 2.45) is 5.73 Å². The molecule has 0 aliphatic rings. The van der Waals surface area contributed by atoms with Crippen LogP contribution in [-0.2, 0) is 0 Å². The zero-order chi connectivity index (χ0) is 12.4. The van der Waals surface area contributed by atoms with Crippen LogP contribution in [0.15, 0.2) is 0 Å². The van der Waals surface area contributed by atoms with E-state index in [2.05, 4.69) is 24.6 Å². The van der Waals surface area contributed by atoms with Crippen LogP contribution in [0, 0.1) is 0 Å². The number of unbranched alkanes of at least 4 members (excludes halogenated alkanes) is 2. The molecule has 0 unspecified atom stereocenters. The van der Waals surface area contributed by atoms with Crippen molar-refractivity contribution in [2.45, 2.75) is 39.5 Å². The number of hydrazine groups is 1. The summed E-state index contributed by atoms with van der Waals surface area (Å²) in [5.74, 6) is 0. The van der Waals surface area contributed by atoms with Gasteiger partial charge in [0, 0.05) is 13.1 Å². The lowest BCUT2D eigenvalue weighted by Gasteiger charge is -2.26. The molecule has 0 fully saturated rings. The molecule has 0 spiro atoms. The molecule has 0 saturated heterocycles. The smallest absolute Gasteiger partial charge is 0.187 e. The van der Waals surface area contributed by atoms with Crippen molar-refractivity contribution in [1.29, 1.82) is 0 Å². The number of thiocarbonyl (C=S) groups is 2. The molecule has 0 aromatic heterocycles. The Morgan fingerprint density at radius 2 is 1.81 bits per heavy atom. The summed E-state index contributed by atoms with van der Waals surface area (Å²) in [6.07, 6.45) is 4.40. The van der Waals surface area contributed by atoms with E-state index >= 15 is 0 Å². The molecule has 0 amide bonds. The van der Waals surface area contributed by atoms with E-state index in [9.17, 15) is 0 Å². The first-order chi connectivity index (χ1) is 7.61. The highest BCUT2D eigenvalue weighted by Gasteiger charge is 2.08. The summed E-state index contributed by atoms with van der Waals surface area (Å²) in [5, 5.41) is 5.89. The SMILES string of the molecule is CCCCNC(=S)N(CCCC)NC(N)=S. The molecule has 0 bridgehead atoms. The van der Waals surface area contributed by atoms with E-state index in [1.54, 1.807) is 5.01 Å². The minimum Gasteiger partial charge on any atom is -0.375 e. The van der Waals surface area contributed by atoms with Gasteiger partial charge in [0.2, 0.25) is 0 Å². The van der Waals surface area contributed by atoms with E-state index in [0.717, 1.165) is 38.8 Å². The van der Waals surface area contributed by atoms with Crippen molar-refractivity contribution in [3.63, 3.8) is 0 Å². The second-order valence-corrected chi connectivity index (χ2v) is 4.39. The minimum absolute atomic E-state index is 0.246. The van der Waals surface area contributed by atoms with Gasteiger partial charge in [-0.1, -0.05) is 26.7 Å². The van der Waals surface area contributed by atoms with Crippen LogP contribution in [0.25, 0.3) is 0 Å². The van der Waals surface area contributed by atoms with Gasteiger partial charge < -0.3 is 11.1 Å². The number of hydrogen-bond acceptors (Lipinski definition) is 2. The number of nitrogens with zero attached hydrogens (tertiary/aromatic N) is 1. The van der Waals surface area contributed by atoms with Crippen molar-refractivity contribution >= 4 is 34.7 Å². The van der Waals surface area contributed by atoms with Gasteiger partial charge >= 0.3 is 0 Å². The van der Waals surface area contributed by atoms with Crippen LogP contribution in [0.5, 0.6) is 0 Å². The Hall–Kier alpha value is -0.620. The molecule has 4 nitrogen and oxygen atoms in total. The Morgan fingerprint density at radius 3 is 2.31 bits per heavy atom. The highest BCUT2D eigenvalue weighted by molar-refractivity contribution is 7.80. The summed E-state index contributed by atoms with van der Waals surface area (Å²) in [4.78, 5) is 0. The fraction of sp³-hybridized carbons (Fsp3) is 0.800. The maximum Gasteiger partial charge on any atom is 0.187 e. The van der Waals surface area contributed by atoms with E-state index in [1.165, 1.54) is 0 Å². The van der Waals surface area contributed by atoms with Gasteiger partial charge in [0.15, 0.2) is 10.2 Å². The average Bonchev–Trinajstić information content (AvgIpc) is 2.23. The number of nitrogens with one attached hydrogen (secondary N) is 2. The standard InChI is InChI=1S/C10H22N4S2/c1-3-5-7-12-10(16)14(8-6-4-2)13-9(11)15/h3-8H2,1-2H3,(H,12,16)(H3,11,13,15). The molecule has 0 saturated carbocycles. The Labute approximate surface area is 109 Å². The van der Waals surface area contributed by atoms with Gasteiger partial charge in [-0.2, -0.15) is 0 Å². The van der Waals surface area contributed by atoms with Gasteiger partial charge in [0.25, 0.3) is 0 Å². The van der Waals surface area contributed by atoms with E-state index in [-0.39, 0.29) is 5.11 Å². The first-order valence-corrected chi connectivity index (χ1v) is 6.54. The molecule has 0 heterocycles. The van der Waals surface area contributed by atoms with Gasteiger partial charge in [-0.3, -0.25) is 10.4 Å². The average molecular weight is 262 g/mol. The van der Waals surface area contributed by atoms with Crippen molar-refractivity contribution in [2.75, 3.05) is 13.1 Å². The van der Waals surface area contributed by atoms with Gasteiger partial charge in [0.05, 0.1) is 0 Å². The third-order valence-electron chi connectivity index (χ3n) is 2.03. The highest BCUT2D eigenvalue weighted by atomic mass is 32.1. The zero-order valence-corrected chi connectivity index (χ0v) is 11.7. The van der Waals surface area contributed by atoms with E-state index in [4.69, 9.17) is 30.2 Å². The Balaban J connectivity index is 4.04. The lowest BCUT2D eigenvalue weighted by atomic mass is 10.3. The third kappa shape index (κ3) is 7.64. The molecule has 0 atom stereocenters. The quantitative estimate of drug-likeness (QED) is 0.383. The molecule has 16 heavy (non-hydrogen) atoms. The first-order valence-electron chi connectivity index (χ1n) is 5.73. The van der Waals surface area contributed by atoms with Crippen molar-refractivity contribution in [3.05, 3.63) is 0 Å². The third-order valence-corrected chi connectivity index (χ3v) is 2.49. The molecule has 0 rings (SSSR count). The van der Waals surface area contributed by atoms with Gasteiger partial charge in [-0.05, 0) is 37.3 Å². The van der Waals surface area contributed by atoms with E-state index < -0.39 is 0 Å². The summed E-state index contributed by atoms with van der Waals surface area (Å²) in [7, 11) is 0. The number of nitrogens with two attached hydrogens (primary N) is 1. The Morgan fingerprint density at radius 1 is 1.19 bits per heavy atom. The summed E-state index contributed by atoms with van der Waals surface area (Å²) >= 11 is 10.1. The predicted octanol–water partition coefficient (Wildman–Crippen LogP) is 1.51. The maximum atomic E-state index is 5.45. The Bertz CT molecular complexity index is 221. The molecular weight excluding hydrogens is 240 g/mol. The van der Waals surface area contributed by atoms with Crippen LogP contribution in [0.2, 0.25) is 0 Å². The summed E-state index contributed by atoms with van der Waals surface area (Å²) < 4.78 is 0. The molecular formula is C10H22N4S2. The molecule has 0 aromatic rings. The lowest BCUT2D eigenvalue weighted by Crippen LogP contribution is -2.52. The van der Waals surface area contributed by atoms with E-state index in [1.807, 2.05) is 0 Å². The molecule has 0 aromatic carbocycles. The highest BCUT2D eigenvalue weighted by Crippen LogP contribution is 1.93. The van der Waals surface area contributed by atoms with Crippen molar-refractivity contribution in [1.82, 2.24) is 15.8 Å². The second kappa shape index (κ2) is 9.59. The maximum absolute atomic E-state index is 5.45. The summed E-state index contributed by atoms with van der Waals surface area (Å²) in [6.45, 7) is 5.97. The zero-order valence-electron chi connectivity index (χ0n) is 10.1. The predicted molar refractivity (Wildman–Crippen MR) is 77.0 cm³/mol. The van der Waals surface area contributed by atoms with Crippen LogP contribution >= 0.6 is 24.4 Å². The normalized spacial score (nSPS) is 9.62. The van der Waals surface area contributed by atoms with Gasteiger partial charge in [0.1, 0.15) is 0 Å². The molecule has 94 valence electrons. The van der Waals surface area contributed by atoms with Gasteiger partial charge in [-0.25, -0.2) is 0 Å². The van der Waals surface area contributed by atoms with Crippen molar-refractivity contribution < 1.29 is 0 Å². The molecule has 0 radical (unpaired) electrons. The molecule has 4 N–H and O–H groups in total.